The van der Waals surface area contributed by atoms with Crippen molar-refractivity contribution in [1.29, 1.82) is 0 Å². The lowest BCUT2D eigenvalue weighted by Gasteiger charge is -2.16. The van der Waals surface area contributed by atoms with Crippen LogP contribution >= 0.6 is 0 Å². The van der Waals surface area contributed by atoms with Gasteiger partial charge in [0.05, 0.1) is 0 Å². The molecule has 1 atom stereocenters. The highest BCUT2D eigenvalue weighted by atomic mass is 14.8. The first-order chi connectivity index (χ1) is 6.11. The van der Waals surface area contributed by atoms with Gasteiger partial charge in [-0.15, -0.1) is 0 Å². The van der Waals surface area contributed by atoms with E-state index in [4.69, 9.17) is 5.73 Å². The van der Waals surface area contributed by atoms with Crippen molar-refractivity contribution in [3.63, 3.8) is 0 Å². The third kappa shape index (κ3) is 2.34. The molecular weight excluding hydrogens is 158 g/mol. The van der Waals surface area contributed by atoms with Gasteiger partial charge in [-0.25, -0.2) is 0 Å². The van der Waals surface area contributed by atoms with Crippen LogP contribution in [0.5, 0.6) is 0 Å². The van der Waals surface area contributed by atoms with Crippen LogP contribution in [0.3, 0.4) is 0 Å². The lowest BCUT2D eigenvalue weighted by molar-refractivity contribution is 0.415. The Labute approximate surface area is 81.4 Å². The van der Waals surface area contributed by atoms with E-state index in [1.165, 1.54) is 25.7 Å². The smallest absolute Gasteiger partial charge is 0.0340 e. The SMILES string of the molecule is CC(C)C(C=CC1(N)CC1)C1CC1. The summed E-state index contributed by atoms with van der Waals surface area (Å²) in [6, 6.07) is 0. The fourth-order valence-corrected chi connectivity index (χ4v) is 2.02. The van der Waals surface area contributed by atoms with Crippen molar-refractivity contribution < 1.29 is 0 Å². The van der Waals surface area contributed by atoms with Gasteiger partial charge in [-0.3, -0.25) is 0 Å². The van der Waals surface area contributed by atoms with Crippen LogP contribution in [0.25, 0.3) is 0 Å². The summed E-state index contributed by atoms with van der Waals surface area (Å²) in [4.78, 5) is 0. The molecule has 2 aliphatic rings. The molecule has 2 rings (SSSR count). The highest BCUT2D eigenvalue weighted by Gasteiger charge is 2.37. The monoisotopic (exact) mass is 179 g/mol. The van der Waals surface area contributed by atoms with Gasteiger partial charge in [0, 0.05) is 5.54 Å². The van der Waals surface area contributed by atoms with Crippen molar-refractivity contribution >= 4 is 0 Å². The van der Waals surface area contributed by atoms with Crippen LogP contribution in [0, 0.1) is 17.8 Å². The molecule has 0 heterocycles. The molecule has 2 fully saturated rings. The quantitative estimate of drug-likeness (QED) is 0.660. The highest BCUT2D eigenvalue weighted by Crippen LogP contribution is 2.42. The van der Waals surface area contributed by atoms with Crippen molar-refractivity contribution in [2.75, 3.05) is 0 Å². The fraction of sp³-hybridized carbons (Fsp3) is 0.833. The van der Waals surface area contributed by atoms with Gasteiger partial charge < -0.3 is 5.73 Å². The molecule has 2 saturated carbocycles. The Balaban J connectivity index is 1.92. The minimum atomic E-state index is 0.0992. The molecule has 0 aromatic heterocycles. The van der Waals surface area contributed by atoms with Crippen molar-refractivity contribution in [3.05, 3.63) is 12.2 Å². The van der Waals surface area contributed by atoms with Gasteiger partial charge in [0.2, 0.25) is 0 Å². The molecule has 0 saturated heterocycles. The molecule has 1 nitrogen and oxygen atoms in total. The second-order valence-electron chi connectivity index (χ2n) is 5.25. The Morgan fingerprint density at radius 3 is 2.31 bits per heavy atom. The lowest BCUT2D eigenvalue weighted by atomic mass is 9.90. The van der Waals surface area contributed by atoms with E-state index in [1.807, 2.05) is 0 Å². The summed E-state index contributed by atoms with van der Waals surface area (Å²) in [5.74, 6) is 2.55. The van der Waals surface area contributed by atoms with E-state index in [9.17, 15) is 0 Å². The Bertz CT molecular complexity index is 207. The van der Waals surface area contributed by atoms with Crippen LogP contribution in [0.1, 0.15) is 39.5 Å². The third-order valence-electron chi connectivity index (χ3n) is 3.41. The molecule has 13 heavy (non-hydrogen) atoms. The molecular formula is C12H21N. The van der Waals surface area contributed by atoms with Crippen molar-refractivity contribution in [1.82, 2.24) is 0 Å². The minimum Gasteiger partial charge on any atom is -0.322 e. The van der Waals surface area contributed by atoms with Gasteiger partial charge in [-0.05, 0) is 43.4 Å². The molecule has 0 radical (unpaired) electrons. The second-order valence-corrected chi connectivity index (χ2v) is 5.25. The summed E-state index contributed by atoms with van der Waals surface area (Å²) >= 11 is 0. The van der Waals surface area contributed by atoms with Crippen molar-refractivity contribution in [3.8, 4) is 0 Å². The first-order valence-electron chi connectivity index (χ1n) is 5.59. The van der Waals surface area contributed by atoms with Crippen LogP contribution in [-0.2, 0) is 0 Å². The van der Waals surface area contributed by atoms with E-state index in [0.29, 0.717) is 0 Å². The number of allylic oxidation sites excluding steroid dienone is 1. The number of hydrogen-bond acceptors (Lipinski definition) is 1. The van der Waals surface area contributed by atoms with Crippen LogP contribution in [0.2, 0.25) is 0 Å². The van der Waals surface area contributed by atoms with Crippen LogP contribution in [0.15, 0.2) is 12.2 Å². The molecule has 74 valence electrons. The van der Waals surface area contributed by atoms with E-state index >= 15 is 0 Å². The highest BCUT2D eigenvalue weighted by molar-refractivity contribution is 5.16. The first kappa shape index (κ1) is 9.26. The molecule has 0 bridgehead atoms. The van der Waals surface area contributed by atoms with Crippen LogP contribution in [-0.4, -0.2) is 5.54 Å². The first-order valence-corrected chi connectivity index (χ1v) is 5.59. The molecule has 0 aliphatic heterocycles. The van der Waals surface area contributed by atoms with E-state index < -0.39 is 0 Å². The standard InChI is InChI=1S/C12H21N/c1-9(2)11(10-3-4-10)5-6-12(13)7-8-12/h5-6,9-11H,3-4,7-8,13H2,1-2H3. The molecule has 2 aliphatic carbocycles. The van der Waals surface area contributed by atoms with Crippen LogP contribution < -0.4 is 5.73 Å². The zero-order valence-corrected chi connectivity index (χ0v) is 8.79. The topological polar surface area (TPSA) is 26.0 Å². The Kier molecular flexibility index (Phi) is 2.23. The van der Waals surface area contributed by atoms with Gasteiger partial charge in [0.15, 0.2) is 0 Å². The largest absolute Gasteiger partial charge is 0.322 e. The summed E-state index contributed by atoms with van der Waals surface area (Å²) in [7, 11) is 0. The van der Waals surface area contributed by atoms with Gasteiger partial charge in [-0.2, -0.15) is 0 Å². The minimum absolute atomic E-state index is 0.0992. The van der Waals surface area contributed by atoms with Crippen molar-refractivity contribution in [2.45, 2.75) is 45.1 Å². The molecule has 0 amide bonds. The second kappa shape index (κ2) is 3.13. The summed E-state index contributed by atoms with van der Waals surface area (Å²) in [6.45, 7) is 4.65. The van der Waals surface area contributed by atoms with Gasteiger partial charge in [0.25, 0.3) is 0 Å². The fourth-order valence-electron chi connectivity index (χ4n) is 2.02. The maximum absolute atomic E-state index is 6.03. The van der Waals surface area contributed by atoms with Crippen LogP contribution in [0.4, 0.5) is 0 Å². The van der Waals surface area contributed by atoms with Gasteiger partial charge >= 0.3 is 0 Å². The number of hydrogen-bond donors (Lipinski definition) is 1. The van der Waals surface area contributed by atoms with Gasteiger partial charge in [0.1, 0.15) is 0 Å². The Hall–Kier alpha value is -0.300. The lowest BCUT2D eigenvalue weighted by Crippen LogP contribution is -2.19. The van der Waals surface area contributed by atoms with Gasteiger partial charge in [-0.1, -0.05) is 26.0 Å². The number of nitrogens with two attached hydrogens (primary N) is 1. The summed E-state index contributed by atoms with van der Waals surface area (Å²) in [5.41, 5.74) is 6.13. The normalized spacial score (nSPS) is 28.3. The molecule has 1 unspecified atom stereocenters. The Morgan fingerprint density at radius 2 is 1.92 bits per heavy atom. The summed E-state index contributed by atoms with van der Waals surface area (Å²) < 4.78 is 0. The predicted octanol–water partition coefficient (Wildman–Crippen LogP) is 2.72. The number of rotatable bonds is 4. The van der Waals surface area contributed by atoms with E-state index in [1.54, 1.807) is 0 Å². The molecule has 0 aromatic carbocycles. The summed E-state index contributed by atoms with van der Waals surface area (Å²) in [6.07, 6.45) is 9.93. The molecule has 2 N–H and O–H groups in total. The van der Waals surface area contributed by atoms with E-state index in [-0.39, 0.29) is 5.54 Å². The molecule has 0 aromatic rings. The van der Waals surface area contributed by atoms with Crippen molar-refractivity contribution in [2.24, 2.45) is 23.5 Å². The average Bonchev–Trinajstić information content (AvgIpc) is 2.88. The van der Waals surface area contributed by atoms with E-state index in [0.717, 1.165) is 17.8 Å². The maximum Gasteiger partial charge on any atom is 0.0340 e. The predicted molar refractivity (Wildman–Crippen MR) is 56.3 cm³/mol. The average molecular weight is 179 g/mol. The maximum atomic E-state index is 6.03. The summed E-state index contributed by atoms with van der Waals surface area (Å²) in [5, 5.41) is 0. The zero-order chi connectivity index (χ0) is 9.47. The molecule has 0 spiro atoms. The molecule has 1 heteroatoms. The third-order valence-corrected chi connectivity index (χ3v) is 3.41. The zero-order valence-electron chi connectivity index (χ0n) is 8.79. The Morgan fingerprint density at radius 1 is 1.31 bits per heavy atom. The van der Waals surface area contributed by atoms with E-state index in [2.05, 4.69) is 26.0 Å².